The summed E-state index contributed by atoms with van der Waals surface area (Å²) in [6, 6.07) is 7.99. The largest absolute Gasteiger partial charge is 0.487 e. The van der Waals surface area contributed by atoms with Crippen LogP contribution in [0.3, 0.4) is 0 Å². The molecule has 1 fully saturated rings. The monoisotopic (exact) mass is 471 g/mol. The van der Waals surface area contributed by atoms with Crippen LogP contribution in [0.4, 0.5) is 5.69 Å². The first-order chi connectivity index (χ1) is 13.6. The zero-order valence-corrected chi connectivity index (χ0v) is 18.5. The van der Waals surface area contributed by atoms with Crippen molar-refractivity contribution in [3.63, 3.8) is 0 Å². The molecule has 28 heavy (non-hydrogen) atoms. The number of nitrogens with one attached hydrogen (secondary N) is 1. The molecule has 0 saturated carbocycles. The van der Waals surface area contributed by atoms with Crippen molar-refractivity contribution in [2.75, 3.05) is 44.7 Å². The summed E-state index contributed by atoms with van der Waals surface area (Å²) in [6.07, 6.45) is 0. The van der Waals surface area contributed by atoms with E-state index in [0.29, 0.717) is 16.8 Å². The Hall–Kier alpha value is -1.75. The Kier molecular flexibility index (Phi) is 9.10. The molecule has 3 rings (SSSR count). The summed E-state index contributed by atoms with van der Waals surface area (Å²) >= 11 is 7.75. The quantitative estimate of drug-likeness (QED) is 0.439. The fraction of sp³-hybridized carbons (Fsp3) is 0.444. The van der Waals surface area contributed by atoms with Gasteiger partial charge in [0.25, 0.3) is 0 Å². The molecule has 0 bridgehead atoms. The van der Waals surface area contributed by atoms with Crippen LogP contribution in [0.1, 0.15) is 23.1 Å². The number of carbonyl (C=O) groups excluding carboxylic acids is 1. The van der Waals surface area contributed by atoms with Crippen molar-refractivity contribution in [2.24, 2.45) is 5.73 Å². The Labute approximate surface area is 179 Å². The predicted octanol–water partition coefficient (Wildman–Crippen LogP) is 2.47. The van der Waals surface area contributed by atoms with E-state index < -0.39 is 5.97 Å². The Morgan fingerprint density at radius 1 is 1.25 bits per heavy atom. The van der Waals surface area contributed by atoms with Crippen LogP contribution in [0.25, 0.3) is 0 Å². The minimum atomic E-state index is -0.465. The maximum Gasteiger partial charge on any atom is 0.360 e. The van der Waals surface area contributed by atoms with E-state index in [-0.39, 0.29) is 12.3 Å². The van der Waals surface area contributed by atoms with Crippen LogP contribution >= 0.6 is 28.7 Å². The summed E-state index contributed by atoms with van der Waals surface area (Å²) in [4.78, 5) is 14.1. The number of esters is 1. The van der Waals surface area contributed by atoms with Crippen molar-refractivity contribution in [1.82, 2.24) is 14.5 Å². The van der Waals surface area contributed by atoms with Gasteiger partial charge in [-0.25, -0.2) is 9.10 Å². The molecule has 1 aliphatic heterocycles. The lowest BCUT2D eigenvalue weighted by Crippen LogP contribution is -2.42. The second kappa shape index (κ2) is 11.3. The van der Waals surface area contributed by atoms with Gasteiger partial charge < -0.3 is 20.1 Å². The van der Waals surface area contributed by atoms with Gasteiger partial charge in [0, 0.05) is 31.9 Å². The molecule has 1 aromatic heterocycles. The summed E-state index contributed by atoms with van der Waals surface area (Å²) in [5.41, 5.74) is 6.58. The Bertz CT molecular complexity index is 748. The second-order valence-corrected chi connectivity index (χ2v) is 7.17. The average Bonchev–Trinajstić information content (AvgIpc) is 3.10. The Morgan fingerprint density at radius 3 is 2.50 bits per heavy atom. The smallest absolute Gasteiger partial charge is 0.360 e. The van der Waals surface area contributed by atoms with Crippen LogP contribution in [0, 0.1) is 0 Å². The normalized spacial score (nSPS) is 14.2. The number of benzene rings is 1. The maximum atomic E-state index is 11.8. The van der Waals surface area contributed by atoms with Crippen molar-refractivity contribution in [1.29, 1.82) is 0 Å². The van der Waals surface area contributed by atoms with Gasteiger partial charge in [-0.1, -0.05) is 12.8 Å². The third kappa shape index (κ3) is 5.87. The molecule has 0 amide bonds. The minimum absolute atomic E-state index is 0.226. The molecule has 1 aliphatic rings. The minimum Gasteiger partial charge on any atom is -0.487 e. The number of H-pyrrole nitrogens is 1. The predicted molar refractivity (Wildman–Crippen MR) is 116 cm³/mol. The molecule has 1 saturated heterocycles. The number of rotatable bonds is 6. The number of hydrogen-bond acceptors (Lipinski definition) is 8. The van der Waals surface area contributed by atoms with Gasteiger partial charge in [0.2, 0.25) is 0 Å². The highest BCUT2D eigenvalue weighted by atomic mass is 79.9. The summed E-state index contributed by atoms with van der Waals surface area (Å²) in [7, 11) is 1.50. The molecular formula is C18H26BrN5O3S. The van der Waals surface area contributed by atoms with E-state index in [0.717, 1.165) is 31.9 Å². The van der Waals surface area contributed by atoms with Gasteiger partial charge in [0.15, 0.2) is 5.69 Å². The molecule has 0 radical (unpaired) electrons. The fourth-order valence-corrected chi connectivity index (χ4v) is 3.29. The molecule has 10 heteroatoms. The maximum absolute atomic E-state index is 11.8. The molecule has 3 N–H and O–H groups in total. The van der Waals surface area contributed by atoms with Crippen LogP contribution in [0.15, 0.2) is 28.7 Å². The molecule has 2 aromatic rings. The Morgan fingerprint density at radius 2 is 1.89 bits per heavy atom. The van der Waals surface area contributed by atoms with Crippen LogP contribution in [0.2, 0.25) is 0 Å². The third-order valence-electron chi connectivity index (χ3n) is 4.09. The van der Waals surface area contributed by atoms with E-state index in [1.807, 2.05) is 16.4 Å². The van der Waals surface area contributed by atoms with Gasteiger partial charge in [-0.15, -0.1) is 0 Å². The lowest BCUT2D eigenvalue weighted by molar-refractivity contribution is 0.0518. The third-order valence-corrected chi connectivity index (χ3v) is 5.34. The molecule has 1 aromatic carbocycles. The molecular weight excluding hydrogens is 446 g/mol. The zero-order valence-electron chi connectivity index (χ0n) is 16.0. The summed E-state index contributed by atoms with van der Waals surface area (Å²) in [5.74, 6) is 0.285. The topological polar surface area (TPSA) is 96.7 Å². The van der Waals surface area contributed by atoms with Gasteiger partial charge in [-0.3, -0.25) is 5.10 Å². The van der Waals surface area contributed by atoms with Gasteiger partial charge in [-0.05, 0) is 54.2 Å². The lowest BCUT2D eigenvalue weighted by atomic mass is 10.2. The molecule has 0 atom stereocenters. The number of carbonyl (C=O) groups is 1. The van der Waals surface area contributed by atoms with Crippen molar-refractivity contribution in [3.8, 4) is 5.75 Å². The fourth-order valence-electron chi connectivity index (χ4n) is 2.66. The number of aromatic amines is 1. The number of thiol groups is 1. The first-order valence-corrected chi connectivity index (χ1v) is 10.2. The van der Waals surface area contributed by atoms with E-state index >= 15 is 0 Å². The first kappa shape index (κ1) is 22.5. The van der Waals surface area contributed by atoms with Crippen LogP contribution in [-0.2, 0) is 11.3 Å². The summed E-state index contributed by atoms with van der Waals surface area (Å²) < 4.78 is 13.3. The number of piperazine rings is 1. The molecule has 8 nitrogen and oxygen atoms in total. The van der Waals surface area contributed by atoms with Gasteiger partial charge in [-0.2, -0.15) is 5.10 Å². The van der Waals surface area contributed by atoms with Crippen molar-refractivity contribution in [3.05, 3.63) is 40.1 Å². The number of nitrogens with two attached hydrogens (primary N) is 1. The zero-order chi connectivity index (χ0) is 20.5. The molecule has 0 unspecified atom stereocenters. The Balaban J connectivity index is 0.00000136. The second-order valence-electron chi connectivity index (χ2n) is 5.81. The highest BCUT2D eigenvalue weighted by Crippen LogP contribution is 2.24. The van der Waals surface area contributed by atoms with Crippen LogP contribution in [0.5, 0.6) is 5.75 Å². The highest BCUT2D eigenvalue weighted by molar-refractivity contribution is 9.10. The van der Waals surface area contributed by atoms with E-state index in [9.17, 15) is 4.79 Å². The number of anilines is 1. The standard InChI is InChI=1S/C17H21BrN4O3S.CH5N/c1-2-24-17(23)16-15(18)14(19-20-16)11-25-13-5-3-12(4-6-13)21-7-9-22(26)10-8-21;1-2/h3-6,26H,2,7-11H2,1H3,(H,19,20);2H2,1H3. The highest BCUT2D eigenvalue weighted by Gasteiger charge is 2.19. The van der Waals surface area contributed by atoms with Crippen molar-refractivity contribution in [2.45, 2.75) is 13.5 Å². The van der Waals surface area contributed by atoms with Gasteiger partial charge in [0.05, 0.1) is 16.8 Å². The number of hydrogen-bond donors (Lipinski definition) is 3. The molecule has 0 spiro atoms. The average molecular weight is 472 g/mol. The summed E-state index contributed by atoms with van der Waals surface area (Å²) in [5, 5.41) is 6.79. The molecule has 154 valence electrons. The number of aromatic nitrogens is 2. The van der Waals surface area contributed by atoms with E-state index in [1.165, 1.54) is 12.7 Å². The van der Waals surface area contributed by atoms with Crippen LogP contribution < -0.4 is 15.4 Å². The van der Waals surface area contributed by atoms with Crippen molar-refractivity contribution >= 4 is 40.4 Å². The number of halogens is 1. The van der Waals surface area contributed by atoms with Crippen LogP contribution in [-0.4, -0.2) is 60.3 Å². The van der Waals surface area contributed by atoms with Gasteiger partial charge in [0.1, 0.15) is 12.4 Å². The number of nitrogens with zero attached hydrogens (tertiary/aromatic N) is 3. The van der Waals surface area contributed by atoms with Crippen molar-refractivity contribution < 1.29 is 14.3 Å². The molecule has 2 heterocycles. The summed E-state index contributed by atoms with van der Waals surface area (Å²) in [6.45, 7) is 6.13. The lowest BCUT2D eigenvalue weighted by Gasteiger charge is -2.33. The van der Waals surface area contributed by atoms with Gasteiger partial charge >= 0.3 is 5.97 Å². The molecule has 0 aliphatic carbocycles. The SMILES string of the molecule is CCOC(=O)c1n[nH]c(COc2ccc(N3CCN(S)CC3)cc2)c1Br.CN. The van der Waals surface area contributed by atoms with E-state index in [1.54, 1.807) is 6.92 Å². The van der Waals surface area contributed by atoms with E-state index in [4.69, 9.17) is 9.47 Å². The first-order valence-electron chi connectivity index (χ1n) is 8.97. The number of ether oxygens (including phenoxy) is 2. The van der Waals surface area contributed by atoms with E-state index in [2.05, 4.69) is 61.7 Å².